The van der Waals surface area contributed by atoms with Gasteiger partial charge in [-0.25, -0.2) is 0 Å². The molecule has 0 atom stereocenters. The van der Waals surface area contributed by atoms with Crippen LogP contribution in [-0.4, -0.2) is 40.9 Å². The lowest BCUT2D eigenvalue weighted by Crippen LogP contribution is -2.45. The number of halogens is 2. The van der Waals surface area contributed by atoms with E-state index in [9.17, 15) is 0 Å². The second kappa shape index (κ2) is 11.0. The predicted molar refractivity (Wildman–Crippen MR) is 126 cm³/mol. The van der Waals surface area contributed by atoms with E-state index in [1.165, 1.54) is 31.2 Å². The van der Waals surface area contributed by atoms with Crippen molar-refractivity contribution < 1.29 is 0 Å². The van der Waals surface area contributed by atoms with Gasteiger partial charge in [-0.1, -0.05) is 43.5 Å². The monoisotopic (exact) mass is 516 g/mol. The summed E-state index contributed by atoms with van der Waals surface area (Å²) in [5.74, 6) is 1.83. The zero-order chi connectivity index (χ0) is 19.1. The van der Waals surface area contributed by atoms with Crippen LogP contribution < -0.4 is 10.6 Å². The van der Waals surface area contributed by atoms with Crippen LogP contribution in [0.3, 0.4) is 0 Å². The van der Waals surface area contributed by atoms with Gasteiger partial charge in [-0.05, 0) is 30.5 Å². The molecule has 1 aromatic carbocycles. The summed E-state index contributed by atoms with van der Waals surface area (Å²) >= 11 is 6.25. The minimum absolute atomic E-state index is 0. The Bertz CT molecular complexity index is 770. The molecular weight excluding hydrogens is 487 g/mol. The average molecular weight is 517 g/mol. The highest BCUT2D eigenvalue weighted by Gasteiger charge is 2.35. The summed E-state index contributed by atoms with van der Waals surface area (Å²) < 4.78 is 2.07. The third kappa shape index (κ3) is 5.59. The summed E-state index contributed by atoms with van der Waals surface area (Å²) in [7, 11) is 1.81. The van der Waals surface area contributed by atoms with Crippen LogP contribution >= 0.6 is 35.6 Å². The van der Waals surface area contributed by atoms with Crippen LogP contribution in [0.25, 0.3) is 0 Å². The molecule has 0 aliphatic heterocycles. The van der Waals surface area contributed by atoms with Gasteiger partial charge in [-0.3, -0.25) is 4.99 Å². The zero-order valence-corrected chi connectivity index (χ0v) is 19.7. The third-order valence-corrected chi connectivity index (χ3v) is 5.71. The molecule has 1 aliphatic rings. The second-order valence-corrected chi connectivity index (χ2v) is 7.58. The minimum Gasteiger partial charge on any atom is -0.356 e. The summed E-state index contributed by atoms with van der Waals surface area (Å²) in [5, 5.41) is 15.8. The maximum absolute atomic E-state index is 6.25. The van der Waals surface area contributed by atoms with E-state index in [-0.39, 0.29) is 29.4 Å². The molecule has 8 heteroatoms. The Kier molecular flexibility index (Phi) is 9.01. The molecule has 1 saturated carbocycles. The number of aliphatic imine (C=N–C) groups is 1. The van der Waals surface area contributed by atoms with E-state index in [1.807, 2.05) is 13.1 Å². The van der Waals surface area contributed by atoms with E-state index < -0.39 is 0 Å². The van der Waals surface area contributed by atoms with Crippen molar-refractivity contribution in [3.05, 3.63) is 47.0 Å². The molecule has 3 rings (SSSR count). The fraction of sp³-hybridized carbons (Fsp3) is 0.550. The fourth-order valence-electron chi connectivity index (χ4n) is 3.95. The summed E-state index contributed by atoms with van der Waals surface area (Å²) in [4.78, 5) is 4.38. The first-order valence-corrected chi connectivity index (χ1v) is 10.1. The molecule has 1 fully saturated rings. The zero-order valence-electron chi connectivity index (χ0n) is 16.6. The maximum atomic E-state index is 6.25. The van der Waals surface area contributed by atoms with Crippen LogP contribution in [0.5, 0.6) is 0 Å². The van der Waals surface area contributed by atoms with Crippen molar-refractivity contribution in [1.82, 2.24) is 25.4 Å². The highest BCUT2D eigenvalue weighted by molar-refractivity contribution is 14.0. The van der Waals surface area contributed by atoms with E-state index in [0.29, 0.717) is 0 Å². The summed E-state index contributed by atoms with van der Waals surface area (Å²) in [6.07, 6.45) is 7.54. The number of hydrogen-bond acceptors (Lipinski definition) is 3. The van der Waals surface area contributed by atoms with Crippen LogP contribution in [0.15, 0.2) is 35.6 Å². The van der Waals surface area contributed by atoms with Gasteiger partial charge < -0.3 is 15.2 Å². The maximum Gasteiger partial charge on any atom is 0.191 e. The molecule has 0 spiro atoms. The van der Waals surface area contributed by atoms with Crippen molar-refractivity contribution in [2.75, 3.05) is 20.1 Å². The Morgan fingerprint density at radius 3 is 2.75 bits per heavy atom. The van der Waals surface area contributed by atoms with Crippen LogP contribution in [0, 0.1) is 0 Å². The fourth-order valence-corrected chi connectivity index (χ4v) is 4.14. The van der Waals surface area contributed by atoms with Crippen LogP contribution in [0.4, 0.5) is 0 Å². The minimum atomic E-state index is 0. The number of benzene rings is 1. The highest BCUT2D eigenvalue weighted by Crippen LogP contribution is 2.41. The summed E-state index contributed by atoms with van der Waals surface area (Å²) in [6, 6.07) is 8.31. The Balaban J connectivity index is 0.00000280. The molecule has 0 unspecified atom stereocenters. The normalized spacial score (nSPS) is 15.9. The Morgan fingerprint density at radius 2 is 2.07 bits per heavy atom. The number of guanidine groups is 1. The van der Waals surface area contributed by atoms with Crippen molar-refractivity contribution >= 4 is 41.5 Å². The first kappa shape index (κ1) is 22.9. The lowest BCUT2D eigenvalue weighted by molar-refractivity contribution is 0.431. The molecule has 2 aromatic rings. The first-order chi connectivity index (χ1) is 13.2. The number of nitrogens with one attached hydrogen (secondary N) is 2. The van der Waals surface area contributed by atoms with Gasteiger partial charge in [0, 0.05) is 43.5 Å². The van der Waals surface area contributed by atoms with Gasteiger partial charge in [-0.15, -0.1) is 34.2 Å². The van der Waals surface area contributed by atoms with Crippen molar-refractivity contribution in [2.45, 2.75) is 51.0 Å². The molecule has 1 heterocycles. The molecule has 0 saturated heterocycles. The molecule has 28 heavy (non-hydrogen) atoms. The van der Waals surface area contributed by atoms with Crippen molar-refractivity contribution in [3.63, 3.8) is 0 Å². The van der Waals surface area contributed by atoms with Gasteiger partial charge in [-0.2, -0.15) is 0 Å². The topological polar surface area (TPSA) is 67.1 Å². The predicted octanol–water partition coefficient (Wildman–Crippen LogP) is 3.79. The number of aromatic nitrogens is 3. The second-order valence-electron chi connectivity index (χ2n) is 7.14. The molecular formula is C20H30ClIN6. The lowest BCUT2D eigenvalue weighted by atomic mass is 9.79. The summed E-state index contributed by atoms with van der Waals surface area (Å²) in [6.45, 7) is 4.54. The molecule has 0 amide bonds. The summed E-state index contributed by atoms with van der Waals surface area (Å²) in [5.41, 5.74) is 1.46. The van der Waals surface area contributed by atoms with Crippen LogP contribution in [0.1, 0.15) is 44.0 Å². The molecule has 6 nitrogen and oxygen atoms in total. The Labute approximate surface area is 189 Å². The van der Waals surface area contributed by atoms with Crippen molar-refractivity contribution in [2.24, 2.45) is 4.99 Å². The van der Waals surface area contributed by atoms with Gasteiger partial charge in [0.1, 0.15) is 12.2 Å². The number of aryl methyl sites for hydroxylation is 1. The lowest BCUT2D eigenvalue weighted by Gasteiger charge is -2.31. The van der Waals surface area contributed by atoms with Gasteiger partial charge in [0.2, 0.25) is 0 Å². The van der Waals surface area contributed by atoms with E-state index in [2.05, 4.69) is 55.5 Å². The van der Waals surface area contributed by atoms with E-state index in [1.54, 1.807) is 6.33 Å². The van der Waals surface area contributed by atoms with E-state index in [4.69, 9.17) is 11.6 Å². The van der Waals surface area contributed by atoms with Gasteiger partial charge in [0.15, 0.2) is 5.96 Å². The molecule has 1 aromatic heterocycles. The van der Waals surface area contributed by atoms with Crippen molar-refractivity contribution in [3.8, 4) is 0 Å². The molecule has 0 radical (unpaired) electrons. The van der Waals surface area contributed by atoms with Crippen molar-refractivity contribution in [1.29, 1.82) is 0 Å². The average Bonchev–Trinajstić information content (AvgIpc) is 3.34. The van der Waals surface area contributed by atoms with Gasteiger partial charge in [0.05, 0.1) is 0 Å². The molecule has 0 bridgehead atoms. The highest BCUT2D eigenvalue weighted by atomic mass is 127. The third-order valence-electron chi connectivity index (χ3n) is 5.47. The number of rotatable bonds is 7. The van der Waals surface area contributed by atoms with Crippen LogP contribution in [-0.2, 0) is 18.4 Å². The van der Waals surface area contributed by atoms with E-state index >= 15 is 0 Å². The smallest absolute Gasteiger partial charge is 0.191 e. The standard InChI is InChI=1S/C20H29ClN6.HI/c1-3-18-26-25-15-27(18)12-11-23-19(22-2)24-14-20(9-4-5-10-20)16-7-6-8-17(21)13-16;/h6-8,13,15H,3-5,9-12,14H2,1-2H3,(H2,22,23,24);1H. The number of hydrogen-bond donors (Lipinski definition) is 2. The van der Waals surface area contributed by atoms with E-state index in [0.717, 1.165) is 42.9 Å². The molecule has 1 aliphatic carbocycles. The molecule has 154 valence electrons. The Morgan fingerprint density at radius 1 is 1.29 bits per heavy atom. The van der Waals surface area contributed by atoms with Gasteiger partial charge in [0.25, 0.3) is 0 Å². The largest absolute Gasteiger partial charge is 0.356 e. The SMILES string of the molecule is CCc1nncn1CCNC(=NC)NCC1(c2cccc(Cl)c2)CCCC1.I. The van der Waals surface area contributed by atoms with Gasteiger partial charge >= 0.3 is 0 Å². The number of nitrogens with zero attached hydrogens (tertiary/aromatic N) is 4. The van der Waals surface area contributed by atoms with Crippen LogP contribution in [0.2, 0.25) is 5.02 Å². The quantitative estimate of drug-likeness (QED) is 0.334. The molecule has 2 N–H and O–H groups in total. The first-order valence-electron chi connectivity index (χ1n) is 9.74. The Hall–Kier alpha value is -1.35.